The van der Waals surface area contributed by atoms with Crippen molar-refractivity contribution in [1.29, 1.82) is 0 Å². The maximum atomic E-state index is 13.8. The fraction of sp³-hybridized carbons (Fsp3) is 0.750. The molecule has 2 unspecified atom stereocenters. The molecular formula is C28H47N5O6. The van der Waals surface area contributed by atoms with E-state index in [9.17, 15) is 19.5 Å². The summed E-state index contributed by atoms with van der Waals surface area (Å²) in [6, 6.07) is 0.450. The van der Waals surface area contributed by atoms with Crippen LogP contribution in [0.5, 0.6) is 0 Å². The lowest BCUT2D eigenvalue weighted by Gasteiger charge is -2.40. The van der Waals surface area contributed by atoms with E-state index < -0.39 is 30.1 Å². The van der Waals surface area contributed by atoms with Crippen molar-refractivity contribution in [3.8, 4) is 0 Å². The smallest absolute Gasteiger partial charge is 0.308 e. The molecule has 1 aromatic rings. The topological polar surface area (TPSA) is 134 Å². The molecule has 11 nitrogen and oxygen atoms in total. The monoisotopic (exact) mass is 549 g/mol. The minimum Gasteiger partial charge on any atom is -0.481 e. The zero-order valence-electron chi connectivity index (χ0n) is 24.7. The minimum atomic E-state index is -0.956. The number of carboxylic acid groups (broad SMARTS) is 1. The first kappa shape index (κ1) is 32.4. The molecule has 0 aliphatic carbocycles. The van der Waals surface area contributed by atoms with Gasteiger partial charge < -0.3 is 29.7 Å². The molecule has 2 rings (SSSR count). The molecule has 220 valence electrons. The molecule has 39 heavy (non-hydrogen) atoms. The molecule has 2 N–H and O–H groups in total. The number of rotatable bonds is 15. The Morgan fingerprint density at radius 3 is 2.31 bits per heavy atom. The van der Waals surface area contributed by atoms with Crippen molar-refractivity contribution in [3.05, 3.63) is 18.5 Å². The lowest BCUT2D eigenvalue weighted by molar-refractivity contribution is -0.151. The standard InChI is InChI=1S/C28H47N5O6/c1-9-18(4)24(32(6)26(35)23(17(2)3)31-28-29-13-11-14-30-28)21(38-7)16-22(34)33-15-10-12-20(33)25(39-8)19(5)27(36)37/h11,13-14,17-21,23-25H,9-10,12,15-16H2,1-8H3,(H,36,37)(H,29,30,31)/t18-,19+,20?,21+,23?,24-,25+/m0/s1. The van der Waals surface area contributed by atoms with Crippen LogP contribution < -0.4 is 5.32 Å². The summed E-state index contributed by atoms with van der Waals surface area (Å²) in [5, 5.41) is 12.7. The van der Waals surface area contributed by atoms with E-state index in [0.717, 1.165) is 12.8 Å². The second-order valence-electron chi connectivity index (χ2n) is 10.9. The Kier molecular flexibility index (Phi) is 12.6. The number of methoxy groups -OCH3 is 2. The van der Waals surface area contributed by atoms with E-state index in [0.29, 0.717) is 18.9 Å². The van der Waals surface area contributed by atoms with E-state index in [2.05, 4.69) is 22.2 Å². The van der Waals surface area contributed by atoms with Crippen LogP contribution in [0.15, 0.2) is 18.5 Å². The maximum Gasteiger partial charge on any atom is 0.308 e. The van der Waals surface area contributed by atoms with E-state index in [-0.39, 0.29) is 42.2 Å². The van der Waals surface area contributed by atoms with Gasteiger partial charge in [-0.05, 0) is 37.7 Å². The van der Waals surface area contributed by atoms with Gasteiger partial charge >= 0.3 is 5.97 Å². The van der Waals surface area contributed by atoms with E-state index in [1.54, 1.807) is 49.3 Å². The number of likely N-dealkylation sites (tertiary alicyclic amines) is 1. The van der Waals surface area contributed by atoms with E-state index in [1.807, 2.05) is 20.8 Å². The third-order valence-electron chi connectivity index (χ3n) is 8.02. The van der Waals surface area contributed by atoms with Crippen LogP contribution in [-0.4, -0.2) is 101 Å². The molecular weight excluding hydrogens is 502 g/mol. The van der Waals surface area contributed by atoms with Crippen molar-refractivity contribution in [3.63, 3.8) is 0 Å². The molecule has 0 bridgehead atoms. The Balaban J connectivity index is 2.27. The van der Waals surface area contributed by atoms with Crippen LogP contribution in [-0.2, 0) is 23.9 Å². The number of amides is 2. The molecule has 1 fully saturated rings. The Morgan fingerprint density at radius 2 is 1.79 bits per heavy atom. The summed E-state index contributed by atoms with van der Waals surface area (Å²) in [4.78, 5) is 51.0. The van der Waals surface area contributed by atoms with Crippen molar-refractivity contribution >= 4 is 23.7 Å². The van der Waals surface area contributed by atoms with Crippen LogP contribution in [0.4, 0.5) is 5.95 Å². The van der Waals surface area contributed by atoms with Crippen molar-refractivity contribution in [2.45, 2.75) is 90.6 Å². The number of carboxylic acids is 1. The molecule has 1 aliphatic heterocycles. The van der Waals surface area contributed by atoms with E-state index in [4.69, 9.17) is 9.47 Å². The Labute approximate surface area is 232 Å². The SMILES string of the molecule is CC[C@H](C)[C@@H]([C@@H](CC(=O)N1CCCC1[C@H](OC)[C@@H](C)C(=O)O)OC)N(C)C(=O)C(Nc1ncccn1)C(C)C. The molecule has 2 heterocycles. The predicted molar refractivity (Wildman–Crippen MR) is 148 cm³/mol. The van der Waals surface area contributed by atoms with Crippen LogP contribution >= 0.6 is 0 Å². The first-order valence-corrected chi connectivity index (χ1v) is 13.9. The summed E-state index contributed by atoms with van der Waals surface area (Å²) in [5.74, 6) is -1.60. The van der Waals surface area contributed by atoms with E-state index in [1.165, 1.54) is 7.11 Å². The van der Waals surface area contributed by atoms with E-state index >= 15 is 0 Å². The number of likely N-dealkylation sites (N-methyl/N-ethyl adjacent to an activating group) is 1. The average molecular weight is 550 g/mol. The molecule has 7 atom stereocenters. The van der Waals surface area contributed by atoms with Gasteiger partial charge in [0.05, 0.1) is 36.6 Å². The zero-order chi connectivity index (χ0) is 29.3. The zero-order valence-corrected chi connectivity index (χ0v) is 24.7. The molecule has 0 spiro atoms. The lowest BCUT2D eigenvalue weighted by Crippen LogP contribution is -2.56. The van der Waals surface area contributed by atoms with Gasteiger partial charge in [0, 0.05) is 40.2 Å². The number of aliphatic carboxylic acids is 1. The highest BCUT2D eigenvalue weighted by Crippen LogP contribution is 2.29. The molecule has 1 aliphatic rings. The Hall–Kier alpha value is -2.79. The van der Waals surface area contributed by atoms with Gasteiger partial charge in [-0.15, -0.1) is 0 Å². The highest BCUT2D eigenvalue weighted by molar-refractivity contribution is 5.85. The number of ether oxygens (including phenoxy) is 2. The summed E-state index contributed by atoms with van der Waals surface area (Å²) in [6.45, 7) is 10.2. The molecule has 1 aromatic heterocycles. The van der Waals surface area contributed by atoms with Gasteiger partial charge in [-0.3, -0.25) is 14.4 Å². The molecule has 0 radical (unpaired) electrons. The number of carbonyl (C=O) groups excluding carboxylic acids is 2. The van der Waals surface area contributed by atoms with Crippen LogP contribution in [0.3, 0.4) is 0 Å². The molecule has 2 amide bonds. The van der Waals surface area contributed by atoms with Crippen LogP contribution in [0.2, 0.25) is 0 Å². The number of carbonyl (C=O) groups is 3. The number of aromatic nitrogens is 2. The largest absolute Gasteiger partial charge is 0.481 e. The first-order chi connectivity index (χ1) is 18.5. The normalized spacial score (nSPS) is 20.1. The molecule has 0 aromatic carbocycles. The van der Waals surface area contributed by atoms with Gasteiger partial charge in [0.25, 0.3) is 0 Å². The quantitative estimate of drug-likeness (QED) is 0.339. The number of anilines is 1. The molecule has 1 saturated heterocycles. The minimum absolute atomic E-state index is 0.0449. The fourth-order valence-electron chi connectivity index (χ4n) is 5.54. The third kappa shape index (κ3) is 8.11. The van der Waals surface area contributed by atoms with Crippen molar-refractivity contribution in [1.82, 2.24) is 19.8 Å². The second-order valence-corrected chi connectivity index (χ2v) is 10.9. The summed E-state index contributed by atoms with van der Waals surface area (Å²) >= 11 is 0. The summed E-state index contributed by atoms with van der Waals surface area (Å²) in [6.07, 6.45) is 4.38. The summed E-state index contributed by atoms with van der Waals surface area (Å²) in [7, 11) is 4.81. The van der Waals surface area contributed by atoms with Crippen LogP contribution in [0.1, 0.15) is 60.3 Å². The Morgan fingerprint density at radius 1 is 1.15 bits per heavy atom. The second kappa shape index (κ2) is 15.1. The number of nitrogens with one attached hydrogen (secondary N) is 1. The lowest BCUT2D eigenvalue weighted by atomic mass is 9.89. The van der Waals surface area contributed by atoms with Crippen molar-refractivity contribution in [2.75, 3.05) is 33.1 Å². The highest BCUT2D eigenvalue weighted by Gasteiger charge is 2.42. The third-order valence-corrected chi connectivity index (χ3v) is 8.02. The average Bonchev–Trinajstić information content (AvgIpc) is 3.40. The van der Waals surface area contributed by atoms with Crippen LogP contribution in [0, 0.1) is 17.8 Å². The first-order valence-electron chi connectivity index (χ1n) is 13.9. The van der Waals surface area contributed by atoms with Crippen molar-refractivity contribution < 1.29 is 29.0 Å². The predicted octanol–water partition coefficient (Wildman–Crippen LogP) is 2.92. The van der Waals surface area contributed by atoms with Crippen molar-refractivity contribution in [2.24, 2.45) is 17.8 Å². The summed E-state index contributed by atoms with van der Waals surface area (Å²) in [5.41, 5.74) is 0. The number of nitrogens with zero attached hydrogens (tertiary/aromatic N) is 4. The van der Waals surface area contributed by atoms with Gasteiger partial charge in [-0.1, -0.05) is 34.1 Å². The molecule has 11 heteroatoms. The highest BCUT2D eigenvalue weighted by atomic mass is 16.5. The van der Waals surface area contributed by atoms with Gasteiger partial charge in [0.1, 0.15) is 6.04 Å². The maximum absolute atomic E-state index is 13.8. The van der Waals surface area contributed by atoms with Gasteiger partial charge in [-0.25, -0.2) is 9.97 Å². The number of hydrogen-bond acceptors (Lipinski definition) is 8. The van der Waals surface area contributed by atoms with Gasteiger partial charge in [0.2, 0.25) is 17.8 Å². The summed E-state index contributed by atoms with van der Waals surface area (Å²) < 4.78 is 11.5. The Bertz CT molecular complexity index is 932. The fourth-order valence-corrected chi connectivity index (χ4v) is 5.54. The van der Waals surface area contributed by atoms with Gasteiger partial charge in [-0.2, -0.15) is 0 Å². The van der Waals surface area contributed by atoms with Crippen LogP contribution in [0.25, 0.3) is 0 Å². The molecule has 0 saturated carbocycles. The number of hydrogen-bond donors (Lipinski definition) is 2. The van der Waals surface area contributed by atoms with Gasteiger partial charge in [0.15, 0.2) is 0 Å².